The minimum Gasteiger partial charge on any atom is -0.122 e. The van der Waals surface area contributed by atoms with Crippen molar-refractivity contribution in [2.75, 3.05) is 5.88 Å². The van der Waals surface area contributed by atoms with E-state index in [0.29, 0.717) is 5.88 Å². The molecule has 0 N–H and O–H groups in total. The normalized spacial score (nSPS) is 16.5. The van der Waals surface area contributed by atoms with Gasteiger partial charge in [-0.15, -0.1) is 11.6 Å². The Morgan fingerprint density at radius 3 is 1.19 bits per heavy atom. The van der Waals surface area contributed by atoms with Crippen molar-refractivity contribution in [3.8, 4) is 0 Å². The Balaban J connectivity index is 3.62. The van der Waals surface area contributed by atoms with Gasteiger partial charge in [-0.1, -0.05) is 137 Å². The Labute approximate surface area is 203 Å². The molecule has 0 radical (unpaired) electrons. The maximum absolute atomic E-state index is 5.77. The molecule has 0 aromatic heterocycles. The van der Waals surface area contributed by atoms with Crippen molar-refractivity contribution in [3.05, 3.63) is 11.6 Å². The molecule has 0 saturated carbocycles. The van der Waals surface area contributed by atoms with Crippen LogP contribution in [0.5, 0.6) is 0 Å². The highest BCUT2D eigenvalue weighted by atomic mass is 35.5. The molecule has 0 amide bonds. The van der Waals surface area contributed by atoms with Crippen LogP contribution in [0.1, 0.15) is 145 Å². The molecule has 0 rings (SSSR count). The Morgan fingerprint density at radius 1 is 0.548 bits per heavy atom. The second-order valence-electron chi connectivity index (χ2n) is 11.6. The first-order valence-electron chi connectivity index (χ1n) is 14.0. The van der Waals surface area contributed by atoms with Crippen LogP contribution in [0.25, 0.3) is 0 Å². The van der Waals surface area contributed by atoms with Gasteiger partial charge in [0.05, 0.1) is 0 Å². The zero-order chi connectivity index (χ0) is 23.5. The molecule has 0 nitrogen and oxygen atoms in total. The molecular weight excluding hydrogens is 396 g/mol. The predicted molar refractivity (Wildman–Crippen MR) is 145 cm³/mol. The largest absolute Gasteiger partial charge is 0.122 e. The summed E-state index contributed by atoms with van der Waals surface area (Å²) >= 11 is 5.77. The van der Waals surface area contributed by atoms with E-state index in [1.807, 2.05) is 0 Å². The lowest BCUT2D eigenvalue weighted by molar-refractivity contribution is 0.364. The monoisotopic (exact) mass is 454 g/mol. The van der Waals surface area contributed by atoms with Gasteiger partial charge in [0.2, 0.25) is 0 Å². The third-order valence-corrected chi connectivity index (χ3v) is 7.51. The van der Waals surface area contributed by atoms with Gasteiger partial charge < -0.3 is 0 Å². The minimum atomic E-state index is 0.663. The number of allylic oxidation sites excluding steroid dienone is 2. The van der Waals surface area contributed by atoms with Crippen LogP contribution < -0.4 is 0 Å². The first kappa shape index (κ1) is 31.0. The van der Waals surface area contributed by atoms with Crippen LogP contribution in [0.2, 0.25) is 0 Å². The van der Waals surface area contributed by atoms with Crippen molar-refractivity contribution in [2.45, 2.75) is 145 Å². The molecule has 186 valence electrons. The predicted octanol–water partition coefficient (Wildman–Crippen LogP) is 11.2. The van der Waals surface area contributed by atoms with E-state index in [9.17, 15) is 0 Å². The van der Waals surface area contributed by atoms with Crippen LogP contribution in [0.4, 0.5) is 0 Å². The molecule has 0 aromatic carbocycles. The smallest absolute Gasteiger partial charge is 0.0406 e. The summed E-state index contributed by atoms with van der Waals surface area (Å²) in [6.45, 7) is 16.8. The standard InChI is InChI=1S/C30H59Cl/c1-25(2)13-8-14-26(3)15-9-16-27(4)17-10-18-28(5)19-11-20-29(6)21-12-22-30(7)23-24-31/h23,25-29H,8-22,24H2,1-7H3. The summed E-state index contributed by atoms with van der Waals surface area (Å²) in [4.78, 5) is 0. The lowest BCUT2D eigenvalue weighted by atomic mass is 9.89. The van der Waals surface area contributed by atoms with Crippen LogP contribution in [-0.2, 0) is 0 Å². The average molecular weight is 455 g/mol. The Morgan fingerprint density at radius 2 is 0.871 bits per heavy atom. The van der Waals surface area contributed by atoms with Gasteiger partial charge in [-0.25, -0.2) is 0 Å². The van der Waals surface area contributed by atoms with E-state index >= 15 is 0 Å². The summed E-state index contributed by atoms with van der Waals surface area (Å²) in [5.74, 6) is 5.18. The van der Waals surface area contributed by atoms with Gasteiger partial charge in [-0.3, -0.25) is 0 Å². The highest BCUT2D eigenvalue weighted by molar-refractivity contribution is 6.18. The van der Waals surface area contributed by atoms with E-state index in [1.165, 1.54) is 102 Å². The number of hydrogen-bond acceptors (Lipinski definition) is 0. The Kier molecular flexibility index (Phi) is 20.6. The van der Waals surface area contributed by atoms with Crippen molar-refractivity contribution < 1.29 is 0 Å². The summed E-state index contributed by atoms with van der Waals surface area (Å²) < 4.78 is 0. The summed E-state index contributed by atoms with van der Waals surface area (Å²) in [7, 11) is 0. The molecule has 0 aliphatic carbocycles. The molecule has 1 heteroatoms. The van der Waals surface area contributed by atoms with Gasteiger partial charge in [-0.2, -0.15) is 0 Å². The molecule has 0 saturated heterocycles. The fourth-order valence-corrected chi connectivity index (χ4v) is 5.12. The van der Waals surface area contributed by atoms with E-state index in [2.05, 4.69) is 54.5 Å². The maximum Gasteiger partial charge on any atom is 0.0406 e. The quantitative estimate of drug-likeness (QED) is 0.119. The molecule has 0 heterocycles. The lowest BCUT2D eigenvalue weighted by Crippen LogP contribution is -2.02. The molecule has 0 spiro atoms. The van der Waals surface area contributed by atoms with Crippen molar-refractivity contribution in [1.29, 1.82) is 0 Å². The highest BCUT2D eigenvalue weighted by Gasteiger charge is 2.09. The van der Waals surface area contributed by atoms with Crippen LogP contribution >= 0.6 is 11.6 Å². The molecule has 0 fully saturated rings. The summed E-state index contributed by atoms with van der Waals surface area (Å²) in [6.07, 6.45) is 23.3. The fraction of sp³-hybridized carbons (Fsp3) is 0.933. The van der Waals surface area contributed by atoms with Gasteiger partial charge >= 0.3 is 0 Å². The van der Waals surface area contributed by atoms with E-state index in [0.717, 1.165) is 29.6 Å². The topological polar surface area (TPSA) is 0 Å². The summed E-state index contributed by atoms with van der Waals surface area (Å²) in [6, 6.07) is 0. The highest BCUT2D eigenvalue weighted by Crippen LogP contribution is 2.24. The Hall–Kier alpha value is 0.0300. The third-order valence-electron chi connectivity index (χ3n) is 7.35. The zero-order valence-corrected chi connectivity index (χ0v) is 23.4. The number of alkyl halides is 1. The minimum absolute atomic E-state index is 0.663. The van der Waals surface area contributed by atoms with Crippen molar-refractivity contribution in [2.24, 2.45) is 29.6 Å². The van der Waals surface area contributed by atoms with Gasteiger partial charge in [0.25, 0.3) is 0 Å². The van der Waals surface area contributed by atoms with Crippen molar-refractivity contribution >= 4 is 11.6 Å². The van der Waals surface area contributed by atoms with Crippen LogP contribution in [0.15, 0.2) is 11.6 Å². The molecule has 0 aromatic rings. The number of halogens is 1. The SMILES string of the molecule is CC(=CCCl)CCCC(C)CCCC(C)CCCC(C)CCCC(C)CCCC(C)C. The summed E-state index contributed by atoms with van der Waals surface area (Å²) in [5, 5.41) is 0. The summed E-state index contributed by atoms with van der Waals surface area (Å²) in [5.41, 5.74) is 1.46. The number of rotatable bonds is 21. The molecule has 4 atom stereocenters. The van der Waals surface area contributed by atoms with Gasteiger partial charge in [0.15, 0.2) is 0 Å². The first-order chi connectivity index (χ1) is 14.7. The van der Waals surface area contributed by atoms with Gasteiger partial charge in [0.1, 0.15) is 0 Å². The molecule has 0 bridgehead atoms. The second kappa shape index (κ2) is 20.6. The Bertz CT molecular complexity index is 411. The average Bonchev–Trinajstić information content (AvgIpc) is 2.68. The molecule has 0 aliphatic heterocycles. The molecule has 31 heavy (non-hydrogen) atoms. The molecular formula is C30H59Cl. The maximum atomic E-state index is 5.77. The van der Waals surface area contributed by atoms with Gasteiger partial charge in [0, 0.05) is 5.88 Å². The second-order valence-corrected chi connectivity index (χ2v) is 11.9. The molecule has 4 unspecified atom stereocenters. The van der Waals surface area contributed by atoms with Gasteiger partial charge in [-0.05, 0) is 49.4 Å². The molecule has 0 aliphatic rings. The van der Waals surface area contributed by atoms with E-state index in [-0.39, 0.29) is 0 Å². The fourth-order valence-electron chi connectivity index (χ4n) is 4.86. The van der Waals surface area contributed by atoms with Crippen LogP contribution in [0, 0.1) is 29.6 Å². The van der Waals surface area contributed by atoms with E-state index in [4.69, 9.17) is 11.6 Å². The van der Waals surface area contributed by atoms with Crippen molar-refractivity contribution in [1.82, 2.24) is 0 Å². The third kappa shape index (κ3) is 21.6. The van der Waals surface area contributed by atoms with E-state index in [1.54, 1.807) is 0 Å². The zero-order valence-electron chi connectivity index (χ0n) is 22.7. The first-order valence-corrected chi connectivity index (χ1v) is 14.5. The van der Waals surface area contributed by atoms with Crippen molar-refractivity contribution in [3.63, 3.8) is 0 Å². The lowest BCUT2D eigenvalue weighted by Gasteiger charge is -2.17. The van der Waals surface area contributed by atoms with E-state index < -0.39 is 0 Å². The van der Waals surface area contributed by atoms with Crippen LogP contribution in [0.3, 0.4) is 0 Å². The van der Waals surface area contributed by atoms with Crippen LogP contribution in [-0.4, -0.2) is 5.88 Å². The number of hydrogen-bond donors (Lipinski definition) is 0.